The van der Waals surface area contributed by atoms with Crippen LogP contribution in [0.25, 0.3) is 0 Å². The Morgan fingerprint density at radius 2 is 1.23 bits per heavy atom. The second-order valence-electron chi connectivity index (χ2n) is 7.32. The number of carbonyl (C=O) groups is 2. The van der Waals surface area contributed by atoms with Crippen LogP contribution < -0.4 is 68.9 Å². The van der Waals surface area contributed by atoms with Crippen molar-refractivity contribution in [1.29, 1.82) is 0 Å². The van der Waals surface area contributed by atoms with Crippen molar-refractivity contribution >= 4 is 19.8 Å². The maximum absolute atomic E-state index is 12.1. The summed E-state index contributed by atoms with van der Waals surface area (Å²) in [4.78, 5) is 45.3. The van der Waals surface area contributed by atoms with Crippen molar-refractivity contribution in [2.45, 2.75) is 70.8 Å². The summed E-state index contributed by atoms with van der Waals surface area (Å²) in [6.45, 7) is 0.800. The van der Waals surface area contributed by atoms with Gasteiger partial charge in [-0.1, -0.05) is 51.9 Å². The third-order valence-electron chi connectivity index (χ3n) is 4.21. The van der Waals surface area contributed by atoms with E-state index in [0.717, 1.165) is 25.7 Å². The zero-order valence-corrected chi connectivity index (χ0v) is 28.0. The van der Waals surface area contributed by atoms with E-state index in [1.807, 2.05) is 0 Å². The molecule has 0 unspecified atom stereocenters. The number of phosphoric acid groups is 1. The van der Waals surface area contributed by atoms with Crippen molar-refractivity contribution in [2.75, 3.05) is 13.2 Å². The van der Waals surface area contributed by atoms with Crippen LogP contribution in [0.5, 0.6) is 0 Å². The fourth-order valence-corrected chi connectivity index (χ4v) is 2.89. The van der Waals surface area contributed by atoms with Gasteiger partial charge >= 0.3 is 71.1 Å². The predicted octanol–water partition coefficient (Wildman–Crippen LogP) is -4.52. The standard InChI is InChI=1S/C29H29O8P.2Na/c1-3-5-7-9-11-13-14-15-16-18-19-21-23-28(30)35-25-27(26-36-38(32,33)34)37-29(31)24-22-20-17-12-10-8-6-4-2;;/h1,27H,4,6,8,10,12,17,20,22,24-26H2,2H3,(H2,32,33,34);;/q;2*+1/p-2/t27-;;/m0../s1. The summed E-state index contributed by atoms with van der Waals surface area (Å²) < 4.78 is 24.9. The Hall–Kier alpha value is -2.03. The van der Waals surface area contributed by atoms with Crippen LogP contribution in [-0.4, -0.2) is 31.3 Å². The van der Waals surface area contributed by atoms with Crippen LogP contribution in [0.3, 0.4) is 0 Å². The molecule has 11 heteroatoms. The summed E-state index contributed by atoms with van der Waals surface area (Å²) >= 11 is 0. The van der Waals surface area contributed by atoms with Crippen LogP contribution in [-0.2, 0) is 28.2 Å². The van der Waals surface area contributed by atoms with E-state index in [0.29, 0.717) is 6.42 Å². The number of carbonyl (C=O) groups excluding carboxylic acids is 2. The molecular weight excluding hydrogens is 553 g/mol. The van der Waals surface area contributed by atoms with E-state index in [1.54, 1.807) is 0 Å². The SMILES string of the molecule is C#CC#CC#CC#CC#CC#CC#CC(=O)OC[C@@H](COP(=O)([O-])[O-])OC(=O)CCCCCCCCCC.[Na+].[Na+]. The molecule has 198 valence electrons. The molecule has 0 aliphatic rings. The van der Waals surface area contributed by atoms with Crippen molar-refractivity contribution in [2.24, 2.45) is 0 Å². The molecular formula is C29H27Na2O8P. The molecule has 0 rings (SSSR count). The number of esters is 2. The van der Waals surface area contributed by atoms with E-state index in [-0.39, 0.29) is 65.5 Å². The number of rotatable bonds is 15. The molecule has 0 saturated carbocycles. The van der Waals surface area contributed by atoms with Gasteiger partial charge in [0.25, 0.3) is 0 Å². The van der Waals surface area contributed by atoms with Crippen LogP contribution in [0, 0.1) is 83.4 Å². The first-order chi connectivity index (χ1) is 18.3. The maximum Gasteiger partial charge on any atom is 1.00 e. The molecule has 0 heterocycles. The normalized spacial score (nSPS) is 9.15. The van der Waals surface area contributed by atoms with Gasteiger partial charge in [-0.05, 0) is 77.5 Å². The van der Waals surface area contributed by atoms with Gasteiger partial charge in [0.2, 0.25) is 0 Å². The minimum Gasteiger partial charge on any atom is -0.790 e. The Balaban J connectivity index is -0.00000684. The van der Waals surface area contributed by atoms with Gasteiger partial charge in [0.15, 0.2) is 6.10 Å². The van der Waals surface area contributed by atoms with E-state index in [2.05, 4.69) is 88.4 Å². The Bertz CT molecular complexity index is 1240. The summed E-state index contributed by atoms with van der Waals surface area (Å²) in [5.74, 6) is 28.3. The number of unbranched alkanes of at least 4 members (excludes halogenated alkanes) is 7. The summed E-state index contributed by atoms with van der Waals surface area (Å²) in [6.07, 6.45) is 12.0. The number of hydrogen-bond acceptors (Lipinski definition) is 8. The fourth-order valence-electron chi connectivity index (χ4n) is 2.54. The smallest absolute Gasteiger partial charge is 0.790 e. The molecule has 0 aromatic heterocycles. The Kier molecular flexibility index (Phi) is 31.8. The van der Waals surface area contributed by atoms with E-state index < -0.39 is 39.1 Å². The van der Waals surface area contributed by atoms with Gasteiger partial charge < -0.3 is 28.3 Å². The first-order valence-electron chi connectivity index (χ1n) is 11.8. The summed E-state index contributed by atoms with van der Waals surface area (Å²) in [5, 5.41) is 0. The molecule has 0 spiro atoms. The third kappa shape index (κ3) is 32.2. The molecule has 8 nitrogen and oxygen atoms in total. The van der Waals surface area contributed by atoms with Crippen LogP contribution in [0.15, 0.2) is 0 Å². The Labute approximate surface area is 282 Å². The number of phosphoric ester groups is 1. The minimum absolute atomic E-state index is 0. The zero-order chi connectivity index (χ0) is 28.3. The van der Waals surface area contributed by atoms with Gasteiger partial charge in [-0.2, -0.15) is 0 Å². The molecule has 0 amide bonds. The number of hydrogen-bond donors (Lipinski definition) is 0. The molecule has 0 radical (unpaired) electrons. The zero-order valence-electron chi connectivity index (χ0n) is 23.1. The summed E-state index contributed by atoms with van der Waals surface area (Å²) in [5.41, 5.74) is 0. The average molecular weight is 580 g/mol. The minimum atomic E-state index is -5.32. The largest absolute Gasteiger partial charge is 1.00 e. The fraction of sp³-hybridized carbons (Fsp3) is 0.448. The molecule has 0 aromatic rings. The first kappa shape index (κ1) is 42.4. The van der Waals surface area contributed by atoms with Crippen LogP contribution >= 0.6 is 7.82 Å². The third-order valence-corrected chi connectivity index (χ3v) is 4.68. The van der Waals surface area contributed by atoms with Gasteiger partial charge in [0.05, 0.1) is 14.4 Å². The summed E-state index contributed by atoms with van der Waals surface area (Å²) in [6, 6.07) is 0. The molecule has 1 atom stereocenters. The second kappa shape index (κ2) is 29.9. The Morgan fingerprint density at radius 1 is 0.750 bits per heavy atom. The molecule has 0 bridgehead atoms. The average Bonchev–Trinajstić information content (AvgIpc) is 2.87. The van der Waals surface area contributed by atoms with Crippen molar-refractivity contribution in [3.63, 3.8) is 0 Å². The van der Waals surface area contributed by atoms with E-state index in [4.69, 9.17) is 15.9 Å². The van der Waals surface area contributed by atoms with Crippen LogP contribution in [0.4, 0.5) is 0 Å². The van der Waals surface area contributed by atoms with Crippen molar-refractivity contribution < 1.29 is 97.1 Å². The van der Waals surface area contributed by atoms with Gasteiger partial charge in [-0.3, -0.25) is 4.79 Å². The topological polar surface area (TPSA) is 125 Å². The van der Waals surface area contributed by atoms with Gasteiger partial charge in [0, 0.05) is 12.3 Å². The molecule has 0 fully saturated rings. The Morgan fingerprint density at radius 3 is 1.73 bits per heavy atom. The first-order valence-corrected chi connectivity index (χ1v) is 13.2. The monoisotopic (exact) mass is 580 g/mol. The molecule has 40 heavy (non-hydrogen) atoms. The molecule has 0 N–H and O–H groups in total. The van der Waals surface area contributed by atoms with Crippen molar-refractivity contribution in [3.8, 4) is 83.4 Å². The van der Waals surface area contributed by atoms with Gasteiger partial charge in [-0.15, -0.1) is 6.42 Å². The van der Waals surface area contributed by atoms with Gasteiger partial charge in [0.1, 0.15) is 6.61 Å². The van der Waals surface area contributed by atoms with Crippen molar-refractivity contribution in [3.05, 3.63) is 0 Å². The van der Waals surface area contributed by atoms with E-state index in [9.17, 15) is 23.9 Å². The quantitative estimate of drug-likeness (QED) is 0.0474. The van der Waals surface area contributed by atoms with Crippen LogP contribution in [0.1, 0.15) is 64.7 Å². The summed E-state index contributed by atoms with van der Waals surface area (Å²) in [7, 11) is -5.32. The molecule has 0 aliphatic carbocycles. The predicted molar refractivity (Wildman–Crippen MR) is 137 cm³/mol. The maximum atomic E-state index is 12.1. The van der Waals surface area contributed by atoms with Gasteiger partial charge in [-0.25, -0.2) is 4.79 Å². The molecule has 0 aromatic carbocycles. The number of ether oxygens (including phenoxy) is 2. The molecule has 0 aliphatic heterocycles. The van der Waals surface area contributed by atoms with Crippen molar-refractivity contribution in [1.82, 2.24) is 0 Å². The number of terminal acetylenes is 1. The van der Waals surface area contributed by atoms with Crippen LogP contribution in [0.2, 0.25) is 0 Å². The van der Waals surface area contributed by atoms with E-state index in [1.165, 1.54) is 19.3 Å². The second-order valence-corrected chi connectivity index (χ2v) is 8.48. The van der Waals surface area contributed by atoms with E-state index >= 15 is 0 Å². The molecule has 0 saturated heterocycles.